The largest absolute Gasteiger partial charge is 0.478 e. The highest BCUT2D eigenvalue weighted by atomic mass is 32.1. The van der Waals surface area contributed by atoms with Crippen molar-refractivity contribution in [3.05, 3.63) is 35.3 Å². The topological polar surface area (TPSA) is 116 Å². The molecule has 9 heteroatoms. The molecule has 2 aromatic rings. The maximum atomic E-state index is 12.1. The number of aliphatic hydroxyl groups is 1. The van der Waals surface area contributed by atoms with Crippen LogP contribution in [0, 0.1) is 0 Å². The normalized spacial score (nSPS) is 10.1. The molecule has 1 aromatic heterocycles. The van der Waals surface area contributed by atoms with Gasteiger partial charge in [-0.05, 0) is 24.3 Å². The van der Waals surface area contributed by atoms with Gasteiger partial charge in [0, 0.05) is 5.69 Å². The lowest BCUT2D eigenvalue weighted by atomic mass is 10.2. The molecule has 110 valence electrons. The quantitative estimate of drug-likeness (QED) is 0.766. The van der Waals surface area contributed by atoms with E-state index in [2.05, 4.69) is 15.5 Å². The van der Waals surface area contributed by atoms with E-state index in [4.69, 9.17) is 10.2 Å². The Kier molecular flexibility index (Phi) is 4.80. The molecular weight excluding hydrogens is 296 g/mol. The van der Waals surface area contributed by atoms with Gasteiger partial charge >= 0.3 is 12.0 Å². The zero-order chi connectivity index (χ0) is 15.2. The molecule has 0 saturated heterocycles. The number of benzene rings is 1. The van der Waals surface area contributed by atoms with E-state index in [0.717, 1.165) is 0 Å². The summed E-state index contributed by atoms with van der Waals surface area (Å²) in [6, 6.07) is 5.29. The molecule has 0 spiro atoms. The summed E-state index contributed by atoms with van der Waals surface area (Å²) in [7, 11) is 0. The van der Waals surface area contributed by atoms with Crippen LogP contribution in [-0.2, 0) is 0 Å². The van der Waals surface area contributed by atoms with E-state index in [0.29, 0.717) is 10.8 Å². The molecule has 3 N–H and O–H groups in total. The van der Waals surface area contributed by atoms with E-state index in [1.165, 1.54) is 46.0 Å². The minimum Gasteiger partial charge on any atom is -0.478 e. The van der Waals surface area contributed by atoms with Crippen LogP contribution in [0.1, 0.15) is 10.4 Å². The fraction of sp³-hybridized carbons (Fsp3) is 0.167. The van der Waals surface area contributed by atoms with E-state index in [1.807, 2.05) is 0 Å². The first-order valence-electron chi connectivity index (χ1n) is 5.90. The van der Waals surface area contributed by atoms with Crippen molar-refractivity contribution in [3.63, 3.8) is 0 Å². The average molecular weight is 308 g/mol. The molecule has 0 radical (unpaired) electrons. The van der Waals surface area contributed by atoms with Crippen LogP contribution >= 0.6 is 11.3 Å². The highest BCUT2D eigenvalue weighted by Crippen LogP contribution is 2.17. The van der Waals surface area contributed by atoms with Crippen molar-refractivity contribution >= 4 is 34.2 Å². The van der Waals surface area contributed by atoms with Gasteiger partial charge in [-0.1, -0.05) is 11.3 Å². The number of hydrogen-bond donors (Lipinski definition) is 3. The van der Waals surface area contributed by atoms with Crippen molar-refractivity contribution in [2.24, 2.45) is 0 Å². The van der Waals surface area contributed by atoms with Gasteiger partial charge in [-0.15, -0.1) is 10.2 Å². The number of carboxylic acid groups (broad SMARTS) is 1. The van der Waals surface area contributed by atoms with E-state index >= 15 is 0 Å². The average Bonchev–Trinajstić information content (AvgIpc) is 2.97. The number of carbonyl (C=O) groups excluding carboxylic acids is 1. The fourth-order valence-corrected chi connectivity index (χ4v) is 2.05. The summed E-state index contributed by atoms with van der Waals surface area (Å²) < 4.78 is 0. The molecule has 2 amide bonds. The number of rotatable bonds is 5. The molecule has 0 aliphatic carbocycles. The van der Waals surface area contributed by atoms with Crippen LogP contribution in [0.5, 0.6) is 0 Å². The fourth-order valence-electron chi connectivity index (χ4n) is 1.62. The lowest BCUT2D eigenvalue weighted by molar-refractivity contribution is 0.0697. The monoisotopic (exact) mass is 308 g/mol. The summed E-state index contributed by atoms with van der Waals surface area (Å²) in [5, 5.41) is 28.1. The van der Waals surface area contributed by atoms with Gasteiger partial charge in [0.2, 0.25) is 5.13 Å². The molecule has 1 heterocycles. The summed E-state index contributed by atoms with van der Waals surface area (Å²) in [4.78, 5) is 24.2. The molecule has 8 nitrogen and oxygen atoms in total. The number of hydrogen-bond acceptors (Lipinski definition) is 6. The summed E-state index contributed by atoms with van der Waals surface area (Å²) >= 11 is 1.17. The number of amides is 2. The third kappa shape index (κ3) is 3.74. The summed E-state index contributed by atoms with van der Waals surface area (Å²) in [6.07, 6.45) is 0. The number of nitrogens with zero attached hydrogens (tertiary/aromatic N) is 3. The van der Waals surface area contributed by atoms with Gasteiger partial charge in [0.25, 0.3) is 0 Å². The first kappa shape index (κ1) is 14.9. The van der Waals surface area contributed by atoms with Crippen LogP contribution in [-0.4, -0.2) is 45.6 Å². The van der Waals surface area contributed by atoms with Crippen LogP contribution in [0.3, 0.4) is 0 Å². The van der Waals surface area contributed by atoms with Crippen molar-refractivity contribution in [2.75, 3.05) is 23.4 Å². The summed E-state index contributed by atoms with van der Waals surface area (Å²) in [5.74, 6) is -1.05. The van der Waals surface area contributed by atoms with Gasteiger partial charge < -0.3 is 10.2 Å². The molecule has 0 atom stereocenters. The number of anilines is 2. The van der Waals surface area contributed by atoms with Crippen LogP contribution in [0.25, 0.3) is 0 Å². The molecule has 0 unspecified atom stereocenters. The number of carboxylic acids is 1. The first-order valence-corrected chi connectivity index (χ1v) is 6.78. The number of carbonyl (C=O) groups is 2. The molecule has 2 rings (SSSR count). The van der Waals surface area contributed by atoms with E-state index in [1.54, 1.807) is 0 Å². The number of aliphatic hydroxyl groups excluding tert-OH is 1. The minimum atomic E-state index is -1.05. The Morgan fingerprint density at radius 1 is 1.29 bits per heavy atom. The Labute approximate surface area is 123 Å². The van der Waals surface area contributed by atoms with Gasteiger partial charge in [0.15, 0.2) is 0 Å². The van der Waals surface area contributed by atoms with Crippen molar-refractivity contribution in [1.29, 1.82) is 0 Å². The lowest BCUT2D eigenvalue weighted by Gasteiger charge is -2.21. The number of aromatic carboxylic acids is 1. The van der Waals surface area contributed by atoms with Crippen LogP contribution < -0.4 is 10.2 Å². The second-order valence-corrected chi connectivity index (χ2v) is 4.73. The molecule has 0 saturated carbocycles. The molecular formula is C12H12N4O4S. The number of nitrogens with one attached hydrogen (secondary N) is 1. The molecule has 0 aliphatic heterocycles. The van der Waals surface area contributed by atoms with Gasteiger partial charge in [0.05, 0.1) is 18.7 Å². The Hall–Kier alpha value is -2.52. The van der Waals surface area contributed by atoms with Crippen molar-refractivity contribution in [3.8, 4) is 0 Å². The maximum Gasteiger partial charge on any atom is 0.335 e. The predicted octanol–water partition coefficient (Wildman–Crippen LogP) is 1.27. The van der Waals surface area contributed by atoms with Gasteiger partial charge in [0.1, 0.15) is 5.51 Å². The smallest absolute Gasteiger partial charge is 0.335 e. The second kappa shape index (κ2) is 6.77. The standard InChI is InChI=1S/C12H12N4O4S/c17-6-5-16(12(20)14-11-15-13-7-21-11)9-3-1-8(2-4-9)10(18)19/h1-4,7,17H,5-6H2,(H,18,19)(H,14,15,20). The minimum absolute atomic E-state index is 0.0665. The summed E-state index contributed by atoms with van der Waals surface area (Å²) in [5.41, 5.74) is 2.07. The highest BCUT2D eigenvalue weighted by molar-refractivity contribution is 7.13. The number of urea groups is 1. The van der Waals surface area contributed by atoms with E-state index in [9.17, 15) is 9.59 Å². The van der Waals surface area contributed by atoms with Gasteiger partial charge in [-0.25, -0.2) is 9.59 Å². The van der Waals surface area contributed by atoms with Crippen molar-refractivity contribution < 1.29 is 19.8 Å². The van der Waals surface area contributed by atoms with Crippen LogP contribution in [0.15, 0.2) is 29.8 Å². The van der Waals surface area contributed by atoms with E-state index < -0.39 is 12.0 Å². The molecule has 0 aliphatic rings. The third-order valence-corrected chi connectivity index (χ3v) is 3.18. The van der Waals surface area contributed by atoms with Gasteiger partial charge in [-0.2, -0.15) is 0 Å². The van der Waals surface area contributed by atoms with Crippen LogP contribution in [0.4, 0.5) is 15.6 Å². The molecule has 0 fully saturated rings. The molecule has 1 aromatic carbocycles. The Morgan fingerprint density at radius 2 is 2.00 bits per heavy atom. The second-order valence-electron chi connectivity index (χ2n) is 3.90. The first-order chi connectivity index (χ1) is 10.1. The highest BCUT2D eigenvalue weighted by Gasteiger charge is 2.17. The molecule has 21 heavy (non-hydrogen) atoms. The van der Waals surface area contributed by atoms with Crippen molar-refractivity contribution in [1.82, 2.24) is 10.2 Å². The van der Waals surface area contributed by atoms with Gasteiger partial charge in [-0.3, -0.25) is 10.2 Å². The van der Waals surface area contributed by atoms with Crippen molar-refractivity contribution in [2.45, 2.75) is 0 Å². The Bertz CT molecular complexity index is 615. The number of aromatic nitrogens is 2. The summed E-state index contributed by atoms with van der Waals surface area (Å²) in [6.45, 7) is -0.165. The Balaban J connectivity index is 2.17. The predicted molar refractivity (Wildman–Crippen MR) is 76.8 cm³/mol. The SMILES string of the molecule is O=C(O)c1ccc(N(CCO)C(=O)Nc2nncs2)cc1. The maximum absolute atomic E-state index is 12.1. The zero-order valence-corrected chi connectivity index (χ0v) is 11.6. The van der Waals surface area contributed by atoms with E-state index in [-0.39, 0.29) is 18.7 Å². The lowest BCUT2D eigenvalue weighted by Crippen LogP contribution is -2.37. The molecule has 0 bridgehead atoms. The zero-order valence-electron chi connectivity index (χ0n) is 10.8. The third-order valence-electron chi connectivity index (χ3n) is 2.57. The Morgan fingerprint density at radius 3 is 2.52 bits per heavy atom. The van der Waals surface area contributed by atoms with Crippen LogP contribution in [0.2, 0.25) is 0 Å².